The predicted molar refractivity (Wildman–Crippen MR) is 84.0 cm³/mol. The molecule has 0 saturated carbocycles. The van der Waals surface area contributed by atoms with Gasteiger partial charge >= 0.3 is 0 Å². The summed E-state index contributed by atoms with van der Waals surface area (Å²) in [5.41, 5.74) is 8.12. The molecule has 1 aliphatic heterocycles. The second-order valence-electron chi connectivity index (χ2n) is 5.01. The van der Waals surface area contributed by atoms with Gasteiger partial charge in [-0.25, -0.2) is 0 Å². The molecule has 0 bridgehead atoms. The van der Waals surface area contributed by atoms with Crippen molar-refractivity contribution in [3.05, 3.63) is 30.3 Å². The van der Waals surface area contributed by atoms with Crippen LogP contribution in [-0.2, 0) is 4.74 Å². The fourth-order valence-corrected chi connectivity index (χ4v) is 3.22. The summed E-state index contributed by atoms with van der Waals surface area (Å²) in [4.78, 5) is 0. The molecule has 1 aromatic carbocycles. The highest BCUT2D eigenvalue weighted by molar-refractivity contribution is 7.11. The van der Waals surface area contributed by atoms with E-state index in [1.54, 1.807) is 0 Å². The van der Waals surface area contributed by atoms with E-state index in [1.165, 1.54) is 24.4 Å². The van der Waals surface area contributed by atoms with Crippen LogP contribution in [0.15, 0.2) is 30.3 Å². The lowest BCUT2D eigenvalue weighted by Gasteiger charge is -2.23. The lowest BCUT2D eigenvalue weighted by molar-refractivity contribution is 0.0248. The third-order valence-corrected chi connectivity index (χ3v) is 4.36. The van der Waals surface area contributed by atoms with Crippen molar-refractivity contribution < 1.29 is 4.74 Å². The first-order valence-electron chi connectivity index (χ1n) is 7.00. The van der Waals surface area contributed by atoms with Crippen molar-refractivity contribution in [3.63, 3.8) is 0 Å². The molecular weight excluding hydrogens is 270 g/mol. The van der Waals surface area contributed by atoms with Crippen LogP contribution in [0.4, 0.5) is 10.8 Å². The average Bonchev–Trinajstić information content (AvgIpc) is 2.88. The van der Waals surface area contributed by atoms with E-state index in [-0.39, 0.29) is 0 Å². The highest BCUT2D eigenvalue weighted by Crippen LogP contribution is 2.36. The minimum atomic E-state index is 0.302. The van der Waals surface area contributed by atoms with Crippen LogP contribution >= 0.6 is 11.5 Å². The largest absolute Gasteiger partial charge is 0.382 e. The summed E-state index contributed by atoms with van der Waals surface area (Å²) in [7, 11) is 0. The zero-order valence-corrected chi connectivity index (χ0v) is 12.2. The van der Waals surface area contributed by atoms with Crippen LogP contribution in [0, 0.1) is 0 Å². The third-order valence-electron chi connectivity index (χ3n) is 3.55. The number of nitrogen functional groups attached to an aromatic ring is 1. The Bertz CT molecular complexity index is 550. The summed E-state index contributed by atoms with van der Waals surface area (Å²) < 4.78 is 10.0. The van der Waals surface area contributed by atoms with Gasteiger partial charge in [0.2, 0.25) is 0 Å². The summed E-state index contributed by atoms with van der Waals surface area (Å²) in [5.74, 6) is 0.591. The number of benzene rings is 1. The quantitative estimate of drug-likeness (QED) is 0.906. The lowest BCUT2D eigenvalue weighted by atomic mass is 10.1. The van der Waals surface area contributed by atoms with Crippen molar-refractivity contribution in [2.45, 2.75) is 25.4 Å². The Labute approximate surface area is 123 Å². The van der Waals surface area contributed by atoms with Crippen LogP contribution in [0.5, 0.6) is 0 Å². The average molecular weight is 289 g/mol. The molecule has 0 amide bonds. The van der Waals surface area contributed by atoms with E-state index in [0.717, 1.165) is 35.7 Å². The van der Waals surface area contributed by atoms with Crippen LogP contribution < -0.4 is 11.1 Å². The molecule has 5 heteroatoms. The van der Waals surface area contributed by atoms with Gasteiger partial charge < -0.3 is 15.8 Å². The smallest absolute Gasteiger partial charge is 0.147 e. The summed E-state index contributed by atoms with van der Waals surface area (Å²) >= 11 is 1.42. The second kappa shape index (κ2) is 6.24. The molecule has 1 aromatic heterocycles. The molecule has 1 unspecified atom stereocenters. The van der Waals surface area contributed by atoms with Gasteiger partial charge in [0.15, 0.2) is 0 Å². The number of nitrogens with two attached hydrogens (primary N) is 1. The van der Waals surface area contributed by atoms with Crippen molar-refractivity contribution in [2.24, 2.45) is 0 Å². The topological polar surface area (TPSA) is 60.2 Å². The Morgan fingerprint density at radius 2 is 2.15 bits per heavy atom. The molecule has 0 aliphatic carbocycles. The Morgan fingerprint density at radius 3 is 2.90 bits per heavy atom. The molecule has 4 nitrogen and oxygen atoms in total. The standard InChI is InChI=1S/C15H19N3OS/c16-14-13(11-6-2-1-3-7-11)15(20-18-14)17-10-12-8-4-5-9-19-12/h1-3,6-7,12,17H,4-5,8-10H2,(H2,16,18). The van der Waals surface area contributed by atoms with E-state index in [1.807, 2.05) is 18.2 Å². The Morgan fingerprint density at radius 1 is 1.30 bits per heavy atom. The lowest BCUT2D eigenvalue weighted by Crippen LogP contribution is -2.26. The molecule has 2 heterocycles. The molecule has 2 aromatic rings. The first-order chi connectivity index (χ1) is 9.84. The number of ether oxygens (including phenoxy) is 1. The zero-order valence-electron chi connectivity index (χ0n) is 11.3. The van der Waals surface area contributed by atoms with E-state index in [2.05, 4.69) is 21.8 Å². The zero-order chi connectivity index (χ0) is 13.8. The highest BCUT2D eigenvalue weighted by Gasteiger charge is 2.17. The minimum absolute atomic E-state index is 0.302. The van der Waals surface area contributed by atoms with Crippen LogP contribution in [0.2, 0.25) is 0 Å². The van der Waals surface area contributed by atoms with Crippen molar-refractivity contribution in [1.82, 2.24) is 4.37 Å². The molecule has 0 radical (unpaired) electrons. The SMILES string of the molecule is Nc1nsc(NCC2CCCCO2)c1-c1ccccc1. The van der Waals surface area contributed by atoms with Gasteiger partial charge in [0.05, 0.1) is 11.7 Å². The molecule has 106 valence electrons. The number of rotatable bonds is 4. The van der Waals surface area contributed by atoms with Crippen molar-refractivity contribution in [1.29, 1.82) is 0 Å². The van der Waals surface area contributed by atoms with Crippen LogP contribution in [0.25, 0.3) is 11.1 Å². The van der Waals surface area contributed by atoms with E-state index in [9.17, 15) is 0 Å². The molecule has 1 atom stereocenters. The van der Waals surface area contributed by atoms with Crippen LogP contribution in [0.1, 0.15) is 19.3 Å². The number of nitrogens with zero attached hydrogens (tertiary/aromatic N) is 1. The summed E-state index contributed by atoms with van der Waals surface area (Å²) in [6.45, 7) is 1.70. The molecule has 1 fully saturated rings. The van der Waals surface area contributed by atoms with E-state index in [0.29, 0.717) is 11.9 Å². The summed E-state index contributed by atoms with van der Waals surface area (Å²) in [5, 5.41) is 4.48. The van der Waals surface area contributed by atoms with Crippen molar-refractivity contribution in [3.8, 4) is 11.1 Å². The molecule has 20 heavy (non-hydrogen) atoms. The number of anilines is 2. The monoisotopic (exact) mass is 289 g/mol. The van der Waals surface area contributed by atoms with Crippen LogP contribution in [0.3, 0.4) is 0 Å². The molecular formula is C15H19N3OS. The molecule has 1 aliphatic rings. The Kier molecular flexibility index (Phi) is 4.18. The van der Waals surface area contributed by atoms with Gasteiger partial charge in [0.1, 0.15) is 10.8 Å². The fraction of sp³-hybridized carbons (Fsp3) is 0.400. The molecule has 3 rings (SSSR count). The fourth-order valence-electron chi connectivity index (χ4n) is 2.48. The second-order valence-corrected chi connectivity index (χ2v) is 5.78. The molecule has 3 N–H and O–H groups in total. The maximum Gasteiger partial charge on any atom is 0.147 e. The van der Waals surface area contributed by atoms with Gasteiger partial charge in [-0.05, 0) is 36.4 Å². The van der Waals surface area contributed by atoms with Gasteiger partial charge in [-0.15, -0.1) is 0 Å². The van der Waals surface area contributed by atoms with Crippen molar-refractivity contribution in [2.75, 3.05) is 24.2 Å². The van der Waals surface area contributed by atoms with E-state index >= 15 is 0 Å². The number of hydrogen-bond donors (Lipinski definition) is 2. The van der Waals surface area contributed by atoms with E-state index in [4.69, 9.17) is 10.5 Å². The first kappa shape index (κ1) is 13.4. The van der Waals surface area contributed by atoms with Crippen LogP contribution in [-0.4, -0.2) is 23.6 Å². The van der Waals surface area contributed by atoms with E-state index < -0.39 is 0 Å². The van der Waals surface area contributed by atoms with Gasteiger partial charge in [0, 0.05) is 13.2 Å². The van der Waals surface area contributed by atoms with Gasteiger partial charge in [-0.3, -0.25) is 0 Å². The summed E-state index contributed by atoms with van der Waals surface area (Å²) in [6.07, 6.45) is 3.86. The normalized spacial score (nSPS) is 18.9. The Balaban J connectivity index is 1.74. The van der Waals surface area contributed by atoms with Gasteiger partial charge in [-0.2, -0.15) is 4.37 Å². The van der Waals surface area contributed by atoms with Crippen molar-refractivity contribution >= 4 is 22.4 Å². The molecule has 0 spiro atoms. The summed E-state index contributed by atoms with van der Waals surface area (Å²) in [6, 6.07) is 10.1. The Hall–Kier alpha value is -1.59. The third kappa shape index (κ3) is 2.94. The number of hydrogen-bond acceptors (Lipinski definition) is 5. The number of aromatic nitrogens is 1. The minimum Gasteiger partial charge on any atom is -0.382 e. The highest BCUT2D eigenvalue weighted by atomic mass is 32.1. The van der Waals surface area contributed by atoms with Gasteiger partial charge in [-0.1, -0.05) is 30.3 Å². The van der Waals surface area contributed by atoms with Gasteiger partial charge in [0.25, 0.3) is 0 Å². The maximum absolute atomic E-state index is 6.01. The number of nitrogens with one attached hydrogen (secondary N) is 1. The predicted octanol–water partition coefficient (Wildman–Crippen LogP) is 3.37. The molecule has 1 saturated heterocycles. The maximum atomic E-state index is 6.01. The first-order valence-corrected chi connectivity index (χ1v) is 7.78.